The van der Waals surface area contributed by atoms with E-state index in [4.69, 9.17) is 0 Å². The highest BCUT2D eigenvalue weighted by Gasteiger charge is 2.28. The first-order chi connectivity index (χ1) is 12.1. The quantitative estimate of drug-likeness (QED) is 0.706. The molecule has 1 fully saturated rings. The van der Waals surface area contributed by atoms with Crippen molar-refractivity contribution < 1.29 is 4.79 Å². The normalized spacial score (nSPS) is 15.7. The molecule has 0 radical (unpaired) electrons. The van der Waals surface area contributed by atoms with Gasteiger partial charge in [0.2, 0.25) is 0 Å². The standard InChI is InChI=1S/C17H19N5OS2/c1-11-18-19-16(25-11)12-5-7-22(8-6-12)17(23)14-10-13(20-21(14)2)15-4-3-9-24-15/h3-4,9-10,12H,5-8H2,1-2H3. The highest BCUT2D eigenvalue weighted by Crippen LogP contribution is 2.31. The number of piperidine rings is 1. The number of amides is 1. The lowest BCUT2D eigenvalue weighted by molar-refractivity contribution is 0.0701. The fraction of sp³-hybridized carbons (Fsp3) is 0.412. The van der Waals surface area contributed by atoms with E-state index in [9.17, 15) is 4.79 Å². The summed E-state index contributed by atoms with van der Waals surface area (Å²) in [4.78, 5) is 15.9. The third-order valence-electron chi connectivity index (χ3n) is 4.55. The second kappa shape index (κ2) is 6.68. The molecule has 6 nitrogen and oxygen atoms in total. The van der Waals surface area contributed by atoms with E-state index in [2.05, 4.69) is 15.3 Å². The van der Waals surface area contributed by atoms with Crippen LogP contribution < -0.4 is 0 Å². The Hall–Kier alpha value is -2.06. The van der Waals surface area contributed by atoms with Crippen molar-refractivity contribution in [1.82, 2.24) is 24.9 Å². The second-order valence-corrected chi connectivity index (χ2v) is 8.40. The molecule has 1 aliphatic rings. The molecule has 0 atom stereocenters. The maximum Gasteiger partial charge on any atom is 0.272 e. The largest absolute Gasteiger partial charge is 0.337 e. The lowest BCUT2D eigenvalue weighted by atomic mass is 9.97. The molecule has 0 unspecified atom stereocenters. The Morgan fingerprint density at radius 1 is 1.28 bits per heavy atom. The van der Waals surface area contributed by atoms with Crippen LogP contribution in [0.4, 0.5) is 0 Å². The second-order valence-electron chi connectivity index (χ2n) is 6.24. The van der Waals surface area contributed by atoms with Crippen LogP contribution in [0.2, 0.25) is 0 Å². The molecule has 0 aromatic carbocycles. The topological polar surface area (TPSA) is 63.9 Å². The molecular weight excluding hydrogens is 354 g/mol. The number of likely N-dealkylation sites (tertiary alicyclic amines) is 1. The van der Waals surface area contributed by atoms with Gasteiger partial charge in [-0.2, -0.15) is 5.10 Å². The van der Waals surface area contributed by atoms with E-state index in [0.29, 0.717) is 11.6 Å². The lowest BCUT2D eigenvalue weighted by Crippen LogP contribution is -2.38. The zero-order chi connectivity index (χ0) is 17.4. The number of rotatable bonds is 3. The van der Waals surface area contributed by atoms with Crippen molar-refractivity contribution in [2.24, 2.45) is 7.05 Å². The minimum absolute atomic E-state index is 0.0599. The van der Waals surface area contributed by atoms with Crippen molar-refractivity contribution in [3.05, 3.63) is 39.3 Å². The average Bonchev–Trinajstić information content (AvgIpc) is 3.35. The summed E-state index contributed by atoms with van der Waals surface area (Å²) in [6, 6.07) is 5.92. The molecule has 4 rings (SSSR count). The number of aromatic nitrogens is 4. The summed E-state index contributed by atoms with van der Waals surface area (Å²) in [6.45, 7) is 3.48. The van der Waals surface area contributed by atoms with Gasteiger partial charge in [0.15, 0.2) is 0 Å². The van der Waals surface area contributed by atoms with Gasteiger partial charge in [0.1, 0.15) is 21.4 Å². The zero-order valence-corrected chi connectivity index (χ0v) is 15.8. The van der Waals surface area contributed by atoms with Crippen LogP contribution >= 0.6 is 22.7 Å². The minimum Gasteiger partial charge on any atom is -0.337 e. The Kier molecular flexibility index (Phi) is 4.39. The van der Waals surface area contributed by atoms with E-state index in [0.717, 1.165) is 46.5 Å². The predicted molar refractivity (Wildman–Crippen MR) is 99.0 cm³/mol. The Morgan fingerprint density at radius 2 is 2.08 bits per heavy atom. The molecule has 0 aliphatic carbocycles. The van der Waals surface area contributed by atoms with E-state index in [1.807, 2.05) is 42.5 Å². The summed E-state index contributed by atoms with van der Waals surface area (Å²) in [5.74, 6) is 0.480. The fourth-order valence-corrected chi connectivity index (χ4v) is 4.73. The van der Waals surface area contributed by atoms with Gasteiger partial charge in [-0.25, -0.2) is 0 Å². The molecule has 3 aromatic heterocycles. The van der Waals surface area contributed by atoms with Gasteiger partial charge in [-0.05, 0) is 37.3 Å². The smallest absolute Gasteiger partial charge is 0.272 e. The van der Waals surface area contributed by atoms with Crippen molar-refractivity contribution in [2.75, 3.05) is 13.1 Å². The maximum absolute atomic E-state index is 12.9. The van der Waals surface area contributed by atoms with E-state index in [-0.39, 0.29) is 5.91 Å². The molecule has 1 amide bonds. The van der Waals surface area contributed by atoms with Crippen LogP contribution in [0, 0.1) is 6.92 Å². The van der Waals surface area contributed by atoms with Crippen LogP contribution in [0.15, 0.2) is 23.6 Å². The Morgan fingerprint density at radius 3 is 2.72 bits per heavy atom. The number of thiophene rings is 1. The number of aryl methyl sites for hydroxylation is 2. The molecule has 1 aliphatic heterocycles. The van der Waals surface area contributed by atoms with Gasteiger partial charge in [0.25, 0.3) is 5.91 Å². The maximum atomic E-state index is 12.9. The van der Waals surface area contributed by atoms with Gasteiger partial charge in [0, 0.05) is 26.1 Å². The van der Waals surface area contributed by atoms with Crippen LogP contribution in [0.1, 0.15) is 39.3 Å². The molecular formula is C17H19N5OS2. The van der Waals surface area contributed by atoms with E-state index in [1.54, 1.807) is 27.4 Å². The minimum atomic E-state index is 0.0599. The molecule has 4 heterocycles. The van der Waals surface area contributed by atoms with Crippen LogP contribution in [0.5, 0.6) is 0 Å². The summed E-state index contributed by atoms with van der Waals surface area (Å²) < 4.78 is 1.69. The van der Waals surface area contributed by atoms with E-state index in [1.165, 1.54) is 0 Å². The molecule has 0 spiro atoms. The van der Waals surface area contributed by atoms with E-state index >= 15 is 0 Å². The van der Waals surface area contributed by atoms with Gasteiger partial charge in [-0.15, -0.1) is 32.9 Å². The first-order valence-electron chi connectivity index (χ1n) is 8.29. The third-order valence-corrected chi connectivity index (χ3v) is 6.44. The number of carbonyl (C=O) groups excluding carboxylic acids is 1. The van der Waals surface area contributed by atoms with Gasteiger partial charge in [0.05, 0.1) is 4.88 Å². The number of nitrogens with zero attached hydrogens (tertiary/aromatic N) is 5. The van der Waals surface area contributed by atoms with Crippen molar-refractivity contribution in [2.45, 2.75) is 25.7 Å². The predicted octanol–water partition coefficient (Wildman–Crippen LogP) is 3.33. The van der Waals surface area contributed by atoms with Gasteiger partial charge < -0.3 is 4.90 Å². The number of hydrogen-bond acceptors (Lipinski definition) is 6. The Labute approximate surface area is 154 Å². The number of hydrogen-bond donors (Lipinski definition) is 0. The zero-order valence-electron chi connectivity index (χ0n) is 14.2. The van der Waals surface area contributed by atoms with Gasteiger partial charge in [-0.1, -0.05) is 6.07 Å². The van der Waals surface area contributed by atoms with Crippen LogP contribution in [0.25, 0.3) is 10.6 Å². The monoisotopic (exact) mass is 373 g/mol. The van der Waals surface area contributed by atoms with Crippen molar-refractivity contribution in [3.63, 3.8) is 0 Å². The third kappa shape index (κ3) is 3.23. The molecule has 8 heteroatoms. The highest BCUT2D eigenvalue weighted by atomic mass is 32.1. The molecule has 25 heavy (non-hydrogen) atoms. The highest BCUT2D eigenvalue weighted by molar-refractivity contribution is 7.13. The van der Waals surface area contributed by atoms with Crippen LogP contribution in [0.3, 0.4) is 0 Å². The van der Waals surface area contributed by atoms with Gasteiger partial charge in [-0.3, -0.25) is 9.48 Å². The SMILES string of the molecule is Cc1nnc(C2CCN(C(=O)c3cc(-c4cccs4)nn3C)CC2)s1. The Bertz CT molecular complexity index is 875. The first kappa shape index (κ1) is 16.4. The van der Waals surface area contributed by atoms with E-state index < -0.39 is 0 Å². The summed E-state index contributed by atoms with van der Waals surface area (Å²) in [6.07, 6.45) is 1.88. The van der Waals surface area contributed by atoms with Crippen molar-refractivity contribution in [3.8, 4) is 10.6 Å². The summed E-state index contributed by atoms with van der Waals surface area (Å²) in [5, 5.41) is 17.0. The molecule has 0 saturated carbocycles. The molecule has 0 N–H and O–H groups in total. The Balaban J connectivity index is 1.46. The van der Waals surface area contributed by atoms with Crippen LogP contribution in [-0.2, 0) is 7.05 Å². The summed E-state index contributed by atoms with van der Waals surface area (Å²) >= 11 is 3.30. The van der Waals surface area contributed by atoms with Gasteiger partial charge >= 0.3 is 0 Å². The molecule has 0 bridgehead atoms. The first-order valence-corrected chi connectivity index (χ1v) is 9.98. The van der Waals surface area contributed by atoms with Crippen LogP contribution in [-0.4, -0.2) is 43.9 Å². The average molecular weight is 374 g/mol. The summed E-state index contributed by atoms with van der Waals surface area (Å²) in [7, 11) is 1.83. The molecule has 3 aromatic rings. The lowest BCUT2D eigenvalue weighted by Gasteiger charge is -2.30. The fourth-order valence-electron chi connectivity index (χ4n) is 3.18. The van der Waals surface area contributed by atoms with Crippen molar-refractivity contribution >= 4 is 28.6 Å². The number of carbonyl (C=O) groups is 1. The molecule has 1 saturated heterocycles. The summed E-state index contributed by atoms with van der Waals surface area (Å²) in [5.41, 5.74) is 1.51. The van der Waals surface area contributed by atoms with Crippen molar-refractivity contribution in [1.29, 1.82) is 0 Å². The molecule has 130 valence electrons.